The van der Waals surface area contributed by atoms with Gasteiger partial charge in [0.05, 0.1) is 5.02 Å². The SMILES string of the molecule is O=C(COc1cc2oc(=O)cc(-c3ccccc3)c2cc1Cl)Nc1ccc(N2CCCC2=O)cc1. The predicted molar refractivity (Wildman–Crippen MR) is 135 cm³/mol. The molecule has 1 N–H and O–H groups in total. The van der Waals surface area contributed by atoms with Crippen LogP contribution in [0.4, 0.5) is 11.4 Å². The van der Waals surface area contributed by atoms with Gasteiger partial charge in [-0.3, -0.25) is 9.59 Å². The van der Waals surface area contributed by atoms with Crippen LogP contribution < -0.4 is 20.6 Å². The van der Waals surface area contributed by atoms with Gasteiger partial charge in [0.25, 0.3) is 5.91 Å². The molecule has 2 heterocycles. The number of carbonyl (C=O) groups is 2. The molecule has 1 saturated heterocycles. The molecule has 0 unspecified atom stereocenters. The molecule has 1 aliphatic rings. The number of nitrogens with zero attached hydrogens (tertiary/aromatic N) is 1. The van der Waals surface area contributed by atoms with Crippen LogP contribution in [0.3, 0.4) is 0 Å². The van der Waals surface area contributed by atoms with E-state index < -0.39 is 5.63 Å². The minimum Gasteiger partial charge on any atom is -0.482 e. The van der Waals surface area contributed by atoms with Gasteiger partial charge in [-0.15, -0.1) is 0 Å². The van der Waals surface area contributed by atoms with E-state index in [9.17, 15) is 14.4 Å². The van der Waals surface area contributed by atoms with E-state index in [4.69, 9.17) is 20.8 Å². The van der Waals surface area contributed by atoms with Gasteiger partial charge in [-0.2, -0.15) is 0 Å². The molecule has 0 atom stereocenters. The van der Waals surface area contributed by atoms with Crippen LogP contribution in [0.15, 0.2) is 82.0 Å². The molecule has 4 aromatic rings. The molecule has 2 amide bonds. The lowest BCUT2D eigenvalue weighted by Gasteiger charge is -2.16. The Balaban J connectivity index is 1.29. The lowest BCUT2D eigenvalue weighted by molar-refractivity contribution is -0.118. The van der Waals surface area contributed by atoms with Gasteiger partial charge in [-0.1, -0.05) is 41.9 Å². The molecule has 176 valence electrons. The van der Waals surface area contributed by atoms with E-state index >= 15 is 0 Å². The highest BCUT2D eigenvalue weighted by atomic mass is 35.5. The van der Waals surface area contributed by atoms with Crippen LogP contribution in [0.1, 0.15) is 12.8 Å². The van der Waals surface area contributed by atoms with Crippen LogP contribution in [0, 0.1) is 0 Å². The third-order valence-electron chi connectivity index (χ3n) is 5.78. The van der Waals surface area contributed by atoms with E-state index in [1.54, 1.807) is 35.2 Å². The summed E-state index contributed by atoms with van der Waals surface area (Å²) < 4.78 is 11.0. The van der Waals surface area contributed by atoms with Crippen molar-refractivity contribution < 1.29 is 18.7 Å². The second-order valence-corrected chi connectivity index (χ2v) is 8.56. The lowest BCUT2D eigenvalue weighted by atomic mass is 10.0. The van der Waals surface area contributed by atoms with Crippen molar-refractivity contribution in [3.05, 3.63) is 88.2 Å². The zero-order valence-electron chi connectivity index (χ0n) is 18.6. The van der Waals surface area contributed by atoms with Gasteiger partial charge in [0.2, 0.25) is 5.91 Å². The standard InChI is InChI=1S/C27H21ClN2O5/c28-22-13-21-20(17-5-2-1-3-6-17)14-27(33)35-23(21)15-24(22)34-16-25(31)29-18-8-10-19(11-9-18)30-12-4-7-26(30)32/h1-3,5-6,8-11,13-15H,4,7,12,16H2,(H,29,31). The highest BCUT2D eigenvalue weighted by molar-refractivity contribution is 6.33. The van der Waals surface area contributed by atoms with Gasteiger partial charge in [0.15, 0.2) is 6.61 Å². The van der Waals surface area contributed by atoms with Gasteiger partial charge in [0, 0.05) is 41.9 Å². The average molecular weight is 489 g/mol. The summed E-state index contributed by atoms with van der Waals surface area (Å²) in [6.45, 7) is 0.415. The third kappa shape index (κ3) is 4.90. The Morgan fingerprint density at radius 3 is 2.51 bits per heavy atom. The summed E-state index contributed by atoms with van der Waals surface area (Å²) in [5, 5.41) is 3.70. The van der Waals surface area contributed by atoms with Crippen molar-refractivity contribution in [3.8, 4) is 16.9 Å². The zero-order chi connectivity index (χ0) is 24.4. The van der Waals surface area contributed by atoms with Gasteiger partial charge >= 0.3 is 5.63 Å². The highest BCUT2D eigenvalue weighted by Gasteiger charge is 2.21. The van der Waals surface area contributed by atoms with E-state index in [1.807, 2.05) is 30.3 Å². The number of nitrogens with one attached hydrogen (secondary N) is 1. The first kappa shape index (κ1) is 22.7. The number of carbonyl (C=O) groups excluding carboxylic acids is 2. The molecule has 5 rings (SSSR count). The van der Waals surface area contributed by atoms with Gasteiger partial charge < -0.3 is 19.4 Å². The van der Waals surface area contributed by atoms with E-state index in [-0.39, 0.29) is 29.2 Å². The number of anilines is 2. The Morgan fingerprint density at radius 1 is 1.03 bits per heavy atom. The van der Waals surface area contributed by atoms with Crippen LogP contribution in [0.5, 0.6) is 5.75 Å². The molecule has 7 nitrogen and oxygen atoms in total. The van der Waals surface area contributed by atoms with Gasteiger partial charge in [-0.25, -0.2) is 4.79 Å². The Hall–Kier alpha value is -4.10. The maximum absolute atomic E-state index is 12.4. The Bertz CT molecular complexity index is 1470. The summed E-state index contributed by atoms with van der Waals surface area (Å²) >= 11 is 6.43. The summed E-state index contributed by atoms with van der Waals surface area (Å²) in [5.74, 6) is -0.0506. The minimum absolute atomic E-state index is 0.106. The summed E-state index contributed by atoms with van der Waals surface area (Å²) in [7, 11) is 0. The molecular weight excluding hydrogens is 468 g/mol. The first-order valence-corrected chi connectivity index (χ1v) is 11.5. The quantitative estimate of drug-likeness (QED) is 0.374. The molecule has 8 heteroatoms. The van der Waals surface area contributed by atoms with Crippen molar-refractivity contribution in [2.75, 3.05) is 23.4 Å². The molecular formula is C27H21ClN2O5. The maximum Gasteiger partial charge on any atom is 0.336 e. The fourth-order valence-corrected chi connectivity index (χ4v) is 4.33. The molecule has 35 heavy (non-hydrogen) atoms. The Kier molecular flexibility index (Phi) is 6.25. The van der Waals surface area contributed by atoms with Crippen molar-refractivity contribution in [3.63, 3.8) is 0 Å². The number of rotatable bonds is 6. The topological polar surface area (TPSA) is 88.8 Å². The molecule has 1 aromatic heterocycles. The van der Waals surface area contributed by atoms with Crippen LogP contribution in [-0.2, 0) is 9.59 Å². The van der Waals surface area contributed by atoms with E-state index in [1.165, 1.54) is 12.1 Å². The summed E-state index contributed by atoms with van der Waals surface area (Å²) in [5.41, 5.74) is 2.75. The van der Waals surface area contributed by atoms with E-state index in [0.717, 1.165) is 17.7 Å². The lowest BCUT2D eigenvalue weighted by Crippen LogP contribution is -2.23. The fraction of sp³-hybridized carbons (Fsp3) is 0.148. The van der Waals surface area contributed by atoms with Crippen molar-refractivity contribution in [1.82, 2.24) is 0 Å². The molecule has 1 aliphatic heterocycles. The average Bonchev–Trinajstić information content (AvgIpc) is 3.29. The Labute approximate surface area is 205 Å². The summed E-state index contributed by atoms with van der Waals surface area (Å²) in [6, 6.07) is 21.1. The predicted octanol–water partition coefficient (Wildman–Crippen LogP) is 5.26. The number of halogens is 1. The van der Waals surface area contributed by atoms with E-state index in [0.29, 0.717) is 35.2 Å². The number of hydrogen-bond donors (Lipinski definition) is 1. The molecule has 0 aliphatic carbocycles. The molecule has 0 spiro atoms. The summed E-state index contributed by atoms with van der Waals surface area (Å²) in [4.78, 5) is 38.2. The minimum atomic E-state index is -0.499. The largest absolute Gasteiger partial charge is 0.482 e. The molecule has 1 fully saturated rings. The van der Waals surface area contributed by atoms with E-state index in [2.05, 4.69) is 5.32 Å². The first-order valence-electron chi connectivity index (χ1n) is 11.1. The van der Waals surface area contributed by atoms with Crippen LogP contribution in [-0.4, -0.2) is 25.0 Å². The number of amides is 2. The van der Waals surface area contributed by atoms with Crippen molar-refractivity contribution in [2.45, 2.75) is 12.8 Å². The van der Waals surface area contributed by atoms with Crippen molar-refractivity contribution in [2.24, 2.45) is 0 Å². The highest BCUT2D eigenvalue weighted by Crippen LogP contribution is 2.34. The maximum atomic E-state index is 12.4. The third-order valence-corrected chi connectivity index (χ3v) is 6.07. The summed E-state index contributed by atoms with van der Waals surface area (Å²) in [6.07, 6.45) is 1.41. The number of benzene rings is 3. The fourth-order valence-electron chi connectivity index (χ4n) is 4.12. The second-order valence-electron chi connectivity index (χ2n) is 8.16. The monoisotopic (exact) mass is 488 g/mol. The van der Waals surface area contributed by atoms with Crippen LogP contribution in [0.25, 0.3) is 22.1 Å². The molecule has 3 aromatic carbocycles. The molecule has 0 radical (unpaired) electrons. The number of fused-ring (bicyclic) bond motifs is 1. The van der Waals surface area contributed by atoms with Crippen LogP contribution >= 0.6 is 11.6 Å². The van der Waals surface area contributed by atoms with Gasteiger partial charge in [-0.05, 0) is 47.9 Å². The number of hydrogen-bond acceptors (Lipinski definition) is 5. The molecule has 0 saturated carbocycles. The van der Waals surface area contributed by atoms with Crippen LogP contribution in [0.2, 0.25) is 5.02 Å². The Morgan fingerprint density at radius 2 is 1.80 bits per heavy atom. The van der Waals surface area contributed by atoms with Gasteiger partial charge in [0.1, 0.15) is 11.3 Å². The second kappa shape index (κ2) is 9.64. The van der Waals surface area contributed by atoms with Crippen molar-refractivity contribution in [1.29, 1.82) is 0 Å². The van der Waals surface area contributed by atoms with Crippen molar-refractivity contribution >= 4 is 45.8 Å². The smallest absolute Gasteiger partial charge is 0.336 e. The zero-order valence-corrected chi connectivity index (χ0v) is 19.4. The first-order chi connectivity index (χ1) is 17.0. The molecule has 0 bridgehead atoms. The normalized spacial score (nSPS) is 13.3. The number of ether oxygens (including phenoxy) is 1.